The number of nitrogens with zero attached hydrogens (tertiary/aromatic N) is 1. The summed E-state index contributed by atoms with van der Waals surface area (Å²) in [4.78, 5) is 2.34. The van der Waals surface area contributed by atoms with Crippen LogP contribution in [0.25, 0.3) is 0 Å². The Kier molecular flexibility index (Phi) is 4.55. The topological polar surface area (TPSA) is 38.5 Å². The molecule has 1 aliphatic rings. The van der Waals surface area contributed by atoms with Crippen LogP contribution in [0, 0.1) is 5.82 Å². The SMILES string of the molecule is C[C@@H](N)c1ccc(OCCN2CCCC2)c(F)c1. The first-order chi connectivity index (χ1) is 8.66. The molecule has 1 atom stereocenters. The Hall–Kier alpha value is -1.13. The van der Waals surface area contributed by atoms with Gasteiger partial charge in [0.25, 0.3) is 0 Å². The second kappa shape index (κ2) is 6.16. The average molecular weight is 252 g/mol. The van der Waals surface area contributed by atoms with Crippen molar-refractivity contribution in [2.24, 2.45) is 5.73 Å². The van der Waals surface area contributed by atoms with Crippen molar-refractivity contribution in [3.8, 4) is 5.75 Å². The van der Waals surface area contributed by atoms with E-state index in [-0.39, 0.29) is 11.9 Å². The van der Waals surface area contributed by atoms with Crippen molar-refractivity contribution in [2.45, 2.75) is 25.8 Å². The number of rotatable bonds is 5. The van der Waals surface area contributed by atoms with Gasteiger partial charge in [-0.25, -0.2) is 4.39 Å². The molecule has 3 nitrogen and oxygen atoms in total. The zero-order valence-corrected chi connectivity index (χ0v) is 10.9. The van der Waals surface area contributed by atoms with Gasteiger partial charge in [0.2, 0.25) is 0 Å². The van der Waals surface area contributed by atoms with Crippen molar-refractivity contribution in [1.29, 1.82) is 0 Å². The molecule has 0 radical (unpaired) electrons. The highest BCUT2D eigenvalue weighted by atomic mass is 19.1. The van der Waals surface area contributed by atoms with Crippen molar-refractivity contribution >= 4 is 0 Å². The van der Waals surface area contributed by atoms with Crippen molar-refractivity contribution in [2.75, 3.05) is 26.2 Å². The Balaban J connectivity index is 1.85. The van der Waals surface area contributed by atoms with E-state index in [1.807, 2.05) is 13.0 Å². The number of halogens is 1. The quantitative estimate of drug-likeness (QED) is 0.874. The number of likely N-dealkylation sites (tertiary alicyclic amines) is 1. The maximum atomic E-state index is 13.7. The van der Waals surface area contributed by atoms with Crippen LogP contribution in [-0.2, 0) is 0 Å². The molecular formula is C14H21FN2O. The molecule has 2 N–H and O–H groups in total. The lowest BCUT2D eigenvalue weighted by atomic mass is 10.1. The van der Waals surface area contributed by atoms with Gasteiger partial charge in [0.1, 0.15) is 6.61 Å². The predicted molar refractivity (Wildman–Crippen MR) is 70.2 cm³/mol. The van der Waals surface area contributed by atoms with E-state index in [0.29, 0.717) is 12.4 Å². The fourth-order valence-electron chi connectivity index (χ4n) is 2.21. The van der Waals surface area contributed by atoms with Gasteiger partial charge in [-0.05, 0) is 50.6 Å². The first kappa shape index (κ1) is 13.3. The van der Waals surface area contributed by atoms with E-state index in [9.17, 15) is 4.39 Å². The molecule has 1 fully saturated rings. The minimum absolute atomic E-state index is 0.154. The number of nitrogens with two attached hydrogens (primary N) is 1. The van der Waals surface area contributed by atoms with Gasteiger partial charge in [-0.3, -0.25) is 4.90 Å². The molecule has 0 unspecified atom stereocenters. The maximum Gasteiger partial charge on any atom is 0.165 e. The van der Waals surface area contributed by atoms with Crippen molar-refractivity contribution < 1.29 is 9.13 Å². The molecule has 1 aliphatic heterocycles. The number of hydrogen-bond donors (Lipinski definition) is 1. The highest BCUT2D eigenvalue weighted by Gasteiger charge is 2.12. The number of benzene rings is 1. The summed E-state index contributed by atoms with van der Waals surface area (Å²) in [7, 11) is 0. The zero-order valence-electron chi connectivity index (χ0n) is 10.9. The molecule has 0 aromatic heterocycles. The van der Waals surface area contributed by atoms with E-state index in [0.717, 1.165) is 25.2 Å². The van der Waals surface area contributed by atoms with Gasteiger partial charge in [-0.1, -0.05) is 6.07 Å². The summed E-state index contributed by atoms with van der Waals surface area (Å²) in [6, 6.07) is 4.78. The first-order valence-electron chi connectivity index (χ1n) is 6.57. The molecule has 1 heterocycles. The van der Waals surface area contributed by atoms with Crippen molar-refractivity contribution in [1.82, 2.24) is 4.90 Å². The largest absolute Gasteiger partial charge is 0.489 e. The molecule has 1 aromatic carbocycles. The van der Waals surface area contributed by atoms with Crippen LogP contribution in [0.2, 0.25) is 0 Å². The Morgan fingerprint density at radius 2 is 2.11 bits per heavy atom. The fraction of sp³-hybridized carbons (Fsp3) is 0.571. The summed E-state index contributed by atoms with van der Waals surface area (Å²) in [6.45, 7) is 5.51. The predicted octanol–water partition coefficient (Wildman–Crippen LogP) is 2.32. The Bertz CT molecular complexity index is 389. The summed E-state index contributed by atoms with van der Waals surface area (Å²) >= 11 is 0. The molecule has 1 saturated heterocycles. The summed E-state index contributed by atoms with van der Waals surface area (Å²) in [5.74, 6) is -0.00943. The third kappa shape index (κ3) is 3.43. The molecule has 0 spiro atoms. The van der Waals surface area contributed by atoms with E-state index in [1.54, 1.807) is 6.07 Å². The van der Waals surface area contributed by atoms with Crippen molar-refractivity contribution in [3.05, 3.63) is 29.6 Å². The van der Waals surface area contributed by atoms with Crippen LogP contribution < -0.4 is 10.5 Å². The van der Waals surface area contributed by atoms with Crippen LogP contribution in [0.1, 0.15) is 31.4 Å². The zero-order chi connectivity index (χ0) is 13.0. The second-order valence-electron chi connectivity index (χ2n) is 4.88. The Labute approximate surface area is 108 Å². The lowest BCUT2D eigenvalue weighted by Gasteiger charge is -2.15. The molecule has 100 valence electrons. The van der Waals surface area contributed by atoms with Gasteiger partial charge in [0, 0.05) is 12.6 Å². The molecule has 4 heteroatoms. The summed E-state index contributed by atoms with van der Waals surface area (Å²) in [6.07, 6.45) is 2.52. The smallest absolute Gasteiger partial charge is 0.165 e. The standard InChI is InChI=1S/C14H21FN2O/c1-11(16)12-4-5-14(13(15)10-12)18-9-8-17-6-2-3-7-17/h4-5,10-11H,2-3,6-9,16H2,1H3/t11-/m1/s1. The summed E-state index contributed by atoms with van der Waals surface area (Å²) in [5.41, 5.74) is 6.49. The second-order valence-corrected chi connectivity index (χ2v) is 4.88. The average Bonchev–Trinajstić information content (AvgIpc) is 2.84. The number of hydrogen-bond acceptors (Lipinski definition) is 3. The number of ether oxygens (including phenoxy) is 1. The molecule has 18 heavy (non-hydrogen) atoms. The molecule has 0 bridgehead atoms. The summed E-state index contributed by atoms with van der Waals surface area (Å²) in [5, 5.41) is 0. The molecule has 2 rings (SSSR count). The van der Waals surface area contributed by atoms with Crippen LogP contribution in [0.4, 0.5) is 4.39 Å². The van der Waals surface area contributed by atoms with Gasteiger partial charge >= 0.3 is 0 Å². The highest BCUT2D eigenvalue weighted by molar-refractivity contribution is 5.30. The molecule has 0 aliphatic carbocycles. The van der Waals surface area contributed by atoms with Gasteiger partial charge < -0.3 is 10.5 Å². The minimum atomic E-state index is -0.328. The van der Waals surface area contributed by atoms with Crippen LogP contribution >= 0.6 is 0 Å². The monoisotopic (exact) mass is 252 g/mol. The van der Waals surface area contributed by atoms with Crippen molar-refractivity contribution in [3.63, 3.8) is 0 Å². The van der Waals surface area contributed by atoms with Crippen LogP contribution in [-0.4, -0.2) is 31.1 Å². The first-order valence-corrected chi connectivity index (χ1v) is 6.57. The van der Waals surface area contributed by atoms with E-state index in [1.165, 1.54) is 18.9 Å². The van der Waals surface area contributed by atoms with Gasteiger partial charge in [0.05, 0.1) is 0 Å². The Morgan fingerprint density at radius 1 is 1.39 bits per heavy atom. The van der Waals surface area contributed by atoms with Gasteiger partial charge in [-0.15, -0.1) is 0 Å². The molecular weight excluding hydrogens is 231 g/mol. The lowest BCUT2D eigenvalue weighted by Crippen LogP contribution is -2.25. The van der Waals surface area contributed by atoms with E-state index in [4.69, 9.17) is 10.5 Å². The molecule has 0 saturated carbocycles. The van der Waals surface area contributed by atoms with Crippen LogP contribution in [0.3, 0.4) is 0 Å². The Morgan fingerprint density at radius 3 is 2.72 bits per heavy atom. The van der Waals surface area contributed by atoms with E-state index >= 15 is 0 Å². The minimum Gasteiger partial charge on any atom is -0.489 e. The van der Waals surface area contributed by atoms with Gasteiger partial charge in [-0.2, -0.15) is 0 Å². The molecule has 1 aromatic rings. The van der Waals surface area contributed by atoms with Crippen LogP contribution in [0.5, 0.6) is 5.75 Å². The summed E-state index contributed by atoms with van der Waals surface area (Å²) < 4.78 is 19.2. The highest BCUT2D eigenvalue weighted by Crippen LogP contribution is 2.21. The lowest BCUT2D eigenvalue weighted by molar-refractivity contribution is 0.231. The van der Waals surface area contributed by atoms with Crippen LogP contribution in [0.15, 0.2) is 18.2 Å². The normalized spacial score (nSPS) is 17.9. The third-order valence-electron chi connectivity index (χ3n) is 3.35. The van der Waals surface area contributed by atoms with Gasteiger partial charge in [0.15, 0.2) is 11.6 Å². The maximum absolute atomic E-state index is 13.7. The molecule has 0 amide bonds. The third-order valence-corrected chi connectivity index (χ3v) is 3.35. The van der Waals surface area contributed by atoms with E-state index < -0.39 is 0 Å². The van der Waals surface area contributed by atoms with E-state index in [2.05, 4.69) is 4.90 Å². The fourth-order valence-corrected chi connectivity index (χ4v) is 2.21.